The van der Waals surface area contributed by atoms with E-state index in [2.05, 4.69) is 57.1 Å². The van der Waals surface area contributed by atoms with E-state index in [4.69, 9.17) is 4.99 Å². The molecular weight excluding hydrogens is 415 g/mol. The van der Waals surface area contributed by atoms with E-state index in [1.54, 1.807) is 0 Å². The molecule has 3 N–H and O–H groups in total. The van der Waals surface area contributed by atoms with Gasteiger partial charge in [0.05, 0.1) is 0 Å². The normalized spacial score (nSPS) is 13.3. The van der Waals surface area contributed by atoms with Gasteiger partial charge >= 0.3 is 0 Å². The molecule has 0 saturated heterocycles. The Labute approximate surface area is 167 Å². The molecule has 0 aromatic heterocycles. The molecule has 0 aliphatic carbocycles. The van der Waals surface area contributed by atoms with Crippen molar-refractivity contribution in [2.75, 3.05) is 39.3 Å². The van der Waals surface area contributed by atoms with E-state index >= 15 is 0 Å². The van der Waals surface area contributed by atoms with E-state index < -0.39 is 0 Å². The van der Waals surface area contributed by atoms with Gasteiger partial charge in [0, 0.05) is 38.8 Å². The first-order valence-corrected chi connectivity index (χ1v) is 9.31. The number of rotatable bonds is 12. The molecule has 1 unspecified atom stereocenters. The van der Waals surface area contributed by atoms with E-state index in [-0.39, 0.29) is 30.6 Å². The number of likely N-dealkylation sites (N-methyl/N-ethyl adjacent to an activating group) is 1. The first-order valence-electron chi connectivity index (χ1n) is 9.31. The minimum absolute atomic E-state index is 0. The molecule has 0 bridgehead atoms. The number of nitrogens with zero attached hydrogens (tertiary/aromatic N) is 2. The Kier molecular flexibility index (Phi) is 17.9. The molecule has 24 heavy (non-hydrogen) atoms. The number of aliphatic hydroxyl groups excluding tert-OH is 1. The van der Waals surface area contributed by atoms with E-state index in [9.17, 15) is 5.11 Å². The van der Waals surface area contributed by atoms with Gasteiger partial charge in [0.1, 0.15) is 0 Å². The molecule has 0 aromatic carbocycles. The highest BCUT2D eigenvalue weighted by atomic mass is 127. The van der Waals surface area contributed by atoms with Crippen LogP contribution >= 0.6 is 24.0 Å². The zero-order valence-corrected chi connectivity index (χ0v) is 19.0. The number of aliphatic hydroxyl groups is 1. The van der Waals surface area contributed by atoms with Crippen LogP contribution in [0.1, 0.15) is 54.4 Å². The highest BCUT2D eigenvalue weighted by Gasteiger charge is 2.11. The fourth-order valence-electron chi connectivity index (χ4n) is 2.79. The van der Waals surface area contributed by atoms with Crippen LogP contribution in [0.2, 0.25) is 0 Å². The Morgan fingerprint density at radius 1 is 1.12 bits per heavy atom. The van der Waals surface area contributed by atoms with Crippen molar-refractivity contribution in [3.8, 4) is 0 Å². The van der Waals surface area contributed by atoms with Crippen molar-refractivity contribution >= 4 is 29.9 Å². The second kappa shape index (κ2) is 16.4. The maximum Gasteiger partial charge on any atom is 0.191 e. The predicted octanol–water partition coefficient (Wildman–Crippen LogP) is 2.93. The standard InChI is InChI=1S/C18H40N4O.HI/c1-7-19-18(20-10-11-22(8-2)16(5)6)21-14-17(9-12-23)13-15(3)4;/h15-17,23H,7-14H2,1-6H3,(H2,19,20,21);1H. The Bertz CT molecular complexity index is 311. The van der Waals surface area contributed by atoms with Crippen LogP contribution in [-0.4, -0.2) is 61.3 Å². The molecule has 0 amide bonds. The first kappa shape index (κ1) is 26.2. The second-order valence-corrected chi connectivity index (χ2v) is 6.88. The Balaban J connectivity index is 0. The molecule has 0 saturated carbocycles. The quantitative estimate of drug-likeness (QED) is 0.240. The second-order valence-electron chi connectivity index (χ2n) is 6.88. The summed E-state index contributed by atoms with van der Waals surface area (Å²) in [7, 11) is 0. The van der Waals surface area contributed by atoms with Gasteiger partial charge in [-0.25, -0.2) is 0 Å². The first-order chi connectivity index (χ1) is 10.9. The fraction of sp³-hybridized carbons (Fsp3) is 0.944. The summed E-state index contributed by atoms with van der Waals surface area (Å²) in [5, 5.41) is 16.0. The van der Waals surface area contributed by atoms with Gasteiger partial charge in [0.2, 0.25) is 0 Å². The number of guanidine groups is 1. The lowest BCUT2D eigenvalue weighted by molar-refractivity contribution is 0.237. The van der Waals surface area contributed by atoms with Crippen LogP contribution in [0.25, 0.3) is 0 Å². The Morgan fingerprint density at radius 3 is 2.25 bits per heavy atom. The third-order valence-corrected chi connectivity index (χ3v) is 4.02. The molecule has 0 aromatic rings. The molecule has 0 fully saturated rings. The van der Waals surface area contributed by atoms with Gasteiger partial charge in [-0.1, -0.05) is 20.8 Å². The largest absolute Gasteiger partial charge is 0.396 e. The molecule has 6 heteroatoms. The predicted molar refractivity (Wildman–Crippen MR) is 116 cm³/mol. The summed E-state index contributed by atoms with van der Waals surface area (Å²) in [6, 6.07) is 0.571. The lowest BCUT2D eigenvalue weighted by Gasteiger charge is -2.25. The van der Waals surface area contributed by atoms with Crippen molar-refractivity contribution in [1.82, 2.24) is 15.5 Å². The Morgan fingerprint density at radius 2 is 1.79 bits per heavy atom. The molecule has 0 aliphatic rings. The van der Waals surface area contributed by atoms with Crippen molar-refractivity contribution in [2.45, 2.75) is 60.4 Å². The highest BCUT2D eigenvalue weighted by Crippen LogP contribution is 2.15. The summed E-state index contributed by atoms with van der Waals surface area (Å²) in [6.07, 6.45) is 1.94. The third-order valence-electron chi connectivity index (χ3n) is 4.02. The number of halogens is 1. The van der Waals surface area contributed by atoms with Crippen LogP contribution in [0, 0.1) is 11.8 Å². The van der Waals surface area contributed by atoms with Crippen LogP contribution in [-0.2, 0) is 0 Å². The lowest BCUT2D eigenvalue weighted by atomic mass is 9.94. The molecule has 0 aliphatic heterocycles. The summed E-state index contributed by atoms with van der Waals surface area (Å²) >= 11 is 0. The monoisotopic (exact) mass is 456 g/mol. The lowest BCUT2D eigenvalue weighted by Crippen LogP contribution is -2.43. The summed E-state index contributed by atoms with van der Waals surface area (Å²) in [5.41, 5.74) is 0. The van der Waals surface area contributed by atoms with Gasteiger partial charge < -0.3 is 15.7 Å². The van der Waals surface area contributed by atoms with Gasteiger partial charge in [-0.15, -0.1) is 24.0 Å². The highest BCUT2D eigenvalue weighted by molar-refractivity contribution is 14.0. The summed E-state index contributed by atoms with van der Waals surface area (Å²) in [5.74, 6) is 1.98. The van der Waals surface area contributed by atoms with Crippen LogP contribution < -0.4 is 10.6 Å². The average molecular weight is 456 g/mol. The van der Waals surface area contributed by atoms with Crippen molar-refractivity contribution in [1.29, 1.82) is 0 Å². The molecule has 0 spiro atoms. The van der Waals surface area contributed by atoms with Crippen molar-refractivity contribution in [3.63, 3.8) is 0 Å². The van der Waals surface area contributed by atoms with E-state index in [1.807, 2.05) is 0 Å². The molecule has 5 nitrogen and oxygen atoms in total. The fourth-order valence-corrected chi connectivity index (χ4v) is 2.79. The zero-order chi connectivity index (χ0) is 17.7. The zero-order valence-electron chi connectivity index (χ0n) is 16.6. The minimum atomic E-state index is 0. The van der Waals surface area contributed by atoms with Crippen molar-refractivity contribution in [3.05, 3.63) is 0 Å². The third kappa shape index (κ3) is 13.2. The van der Waals surface area contributed by atoms with Gasteiger partial charge in [0.15, 0.2) is 5.96 Å². The van der Waals surface area contributed by atoms with E-state index in [1.165, 1.54) is 0 Å². The van der Waals surface area contributed by atoms with Crippen molar-refractivity contribution in [2.24, 2.45) is 16.8 Å². The van der Waals surface area contributed by atoms with Gasteiger partial charge in [-0.3, -0.25) is 9.89 Å². The molecule has 0 heterocycles. The maximum atomic E-state index is 9.21. The van der Waals surface area contributed by atoms with Gasteiger partial charge in [0.25, 0.3) is 0 Å². The van der Waals surface area contributed by atoms with Gasteiger partial charge in [-0.05, 0) is 52.0 Å². The van der Waals surface area contributed by atoms with Gasteiger partial charge in [-0.2, -0.15) is 0 Å². The van der Waals surface area contributed by atoms with Crippen LogP contribution in [0.5, 0.6) is 0 Å². The minimum Gasteiger partial charge on any atom is -0.396 e. The summed E-state index contributed by atoms with van der Waals surface area (Å²) < 4.78 is 0. The maximum absolute atomic E-state index is 9.21. The molecular formula is C18H41IN4O. The van der Waals surface area contributed by atoms with Crippen LogP contribution in [0.3, 0.4) is 0 Å². The molecule has 146 valence electrons. The summed E-state index contributed by atoms with van der Waals surface area (Å²) in [6.45, 7) is 18.1. The topological polar surface area (TPSA) is 59.9 Å². The number of aliphatic imine (C=N–C) groups is 1. The van der Waals surface area contributed by atoms with Crippen molar-refractivity contribution < 1.29 is 5.11 Å². The number of nitrogens with one attached hydrogen (secondary N) is 2. The number of hydrogen-bond acceptors (Lipinski definition) is 3. The Hall–Kier alpha value is -0.0800. The molecule has 0 rings (SSSR count). The molecule has 0 radical (unpaired) electrons. The smallest absolute Gasteiger partial charge is 0.191 e. The molecule has 1 atom stereocenters. The average Bonchev–Trinajstić information content (AvgIpc) is 2.48. The number of hydrogen-bond donors (Lipinski definition) is 3. The SMILES string of the molecule is CCNC(=NCC(CCO)CC(C)C)NCCN(CC)C(C)C.I. The van der Waals surface area contributed by atoms with E-state index in [0.717, 1.165) is 51.5 Å². The van der Waals surface area contributed by atoms with Crippen LogP contribution in [0.4, 0.5) is 0 Å². The van der Waals surface area contributed by atoms with E-state index in [0.29, 0.717) is 17.9 Å². The van der Waals surface area contributed by atoms with Crippen LogP contribution in [0.15, 0.2) is 4.99 Å². The summed E-state index contributed by atoms with van der Waals surface area (Å²) in [4.78, 5) is 7.15.